The van der Waals surface area contributed by atoms with Crippen molar-refractivity contribution in [2.45, 2.75) is 19.3 Å². The lowest BCUT2D eigenvalue weighted by Gasteiger charge is -2.32. The average Bonchev–Trinajstić information content (AvgIpc) is 2.93. The highest BCUT2D eigenvalue weighted by atomic mass is 16.2. The molecule has 1 unspecified atom stereocenters. The molecule has 1 aromatic heterocycles. The highest BCUT2D eigenvalue weighted by molar-refractivity contribution is 5.87. The summed E-state index contributed by atoms with van der Waals surface area (Å²) in [6, 6.07) is 8.44. The zero-order chi connectivity index (χ0) is 14.2. The minimum Gasteiger partial charge on any atom is -0.358 e. The molecule has 0 saturated carbocycles. The molecule has 2 aromatic rings. The summed E-state index contributed by atoms with van der Waals surface area (Å²) in [7, 11) is 0. The van der Waals surface area contributed by atoms with E-state index in [9.17, 15) is 4.79 Å². The lowest BCUT2D eigenvalue weighted by atomic mass is 9.85. The standard InChI is InChI=1S/C17H21N3O/c21-17(20-9-7-18-8-10-20)12-5-6-16-14(11-12)13-3-1-2-4-15(13)19-16/h1-4,12,18-19H,5-11H2. The molecule has 1 atom stereocenters. The van der Waals surface area contributed by atoms with E-state index in [2.05, 4.69) is 34.6 Å². The third kappa shape index (κ3) is 2.23. The summed E-state index contributed by atoms with van der Waals surface area (Å²) in [5, 5.41) is 4.61. The highest BCUT2D eigenvalue weighted by Gasteiger charge is 2.30. The Bertz CT molecular complexity index is 670. The maximum Gasteiger partial charge on any atom is 0.226 e. The number of nitrogens with zero attached hydrogens (tertiary/aromatic N) is 1. The quantitative estimate of drug-likeness (QED) is 0.837. The number of benzene rings is 1. The Morgan fingerprint density at radius 3 is 2.86 bits per heavy atom. The van der Waals surface area contributed by atoms with Crippen LogP contribution < -0.4 is 5.32 Å². The van der Waals surface area contributed by atoms with Crippen molar-refractivity contribution >= 4 is 16.8 Å². The Balaban J connectivity index is 1.59. The number of hydrogen-bond acceptors (Lipinski definition) is 2. The molecular weight excluding hydrogens is 262 g/mol. The van der Waals surface area contributed by atoms with Crippen LogP contribution in [0.4, 0.5) is 0 Å². The molecular formula is C17H21N3O. The maximum absolute atomic E-state index is 12.7. The second-order valence-corrected chi connectivity index (χ2v) is 6.14. The Labute approximate surface area is 124 Å². The fourth-order valence-electron chi connectivity index (χ4n) is 3.72. The predicted molar refractivity (Wildman–Crippen MR) is 83.3 cm³/mol. The molecule has 1 aliphatic heterocycles. The van der Waals surface area contributed by atoms with E-state index in [1.54, 1.807) is 0 Å². The summed E-state index contributed by atoms with van der Waals surface area (Å²) in [5.41, 5.74) is 3.91. The van der Waals surface area contributed by atoms with Gasteiger partial charge in [-0.05, 0) is 30.9 Å². The monoisotopic (exact) mass is 283 g/mol. The van der Waals surface area contributed by atoms with Crippen LogP contribution in [0.3, 0.4) is 0 Å². The zero-order valence-electron chi connectivity index (χ0n) is 12.2. The fraction of sp³-hybridized carbons (Fsp3) is 0.471. The van der Waals surface area contributed by atoms with E-state index < -0.39 is 0 Å². The number of nitrogens with one attached hydrogen (secondary N) is 2. The number of fused-ring (bicyclic) bond motifs is 3. The molecule has 0 radical (unpaired) electrons. The smallest absolute Gasteiger partial charge is 0.226 e. The van der Waals surface area contributed by atoms with Crippen LogP contribution in [0.2, 0.25) is 0 Å². The Hall–Kier alpha value is -1.81. The molecule has 0 spiro atoms. The van der Waals surface area contributed by atoms with Crippen LogP contribution in [-0.4, -0.2) is 42.0 Å². The van der Waals surface area contributed by atoms with Crippen molar-refractivity contribution < 1.29 is 4.79 Å². The minimum atomic E-state index is 0.162. The van der Waals surface area contributed by atoms with E-state index in [1.807, 2.05) is 4.90 Å². The second-order valence-electron chi connectivity index (χ2n) is 6.14. The van der Waals surface area contributed by atoms with E-state index in [1.165, 1.54) is 22.2 Å². The third-order valence-electron chi connectivity index (χ3n) is 4.87. The molecule has 2 aliphatic rings. The second kappa shape index (κ2) is 5.19. The van der Waals surface area contributed by atoms with Gasteiger partial charge in [0.15, 0.2) is 0 Å². The van der Waals surface area contributed by atoms with Gasteiger partial charge in [-0.15, -0.1) is 0 Å². The Kier molecular flexibility index (Phi) is 3.19. The first kappa shape index (κ1) is 12.9. The lowest BCUT2D eigenvalue weighted by molar-refractivity contribution is -0.136. The van der Waals surface area contributed by atoms with E-state index in [4.69, 9.17) is 0 Å². The van der Waals surface area contributed by atoms with Crippen molar-refractivity contribution in [1.82, 2.24) is 15.2 Å². The number of H-pyrrole nitrogens is 1. The van der Waals surface area contributed by atoms with E-state index in [0.717, 1.165) is 45.4 Å². The van der Waals surface area contributed by atoms with Crippen LogP contribution in [-0.2, 0) is 17.6 Å². The van der Waals surface area contributed by atoms with Crippen LogP contribution in [0, 0.1) is 5.92 Å². The molecule has 2 heterocycles. The van der Waals surface area contributed by atoms with Crippen LogP contribution in [0.25, 0.3) is 10.9 Å². The van der Waals surface area contributed by atoms with Gasteiger partial charge in [0.25, 0.3) is 0 Å². The number of para-hydroxylation sites is 1. The van der Waals surface area contributed by atoms with Gasteiger partial charge in [0.05, 0.1) is 0 Å². The molecule has 1 aliphatic carbocycles. The van der Waals surface area contributed by atoms with Crippen LogP contribution in [0.15, 0.2) is 24.3 Å². The summed E-state index contributed by atoms with van der Waals surface area (Å²) < 4.78 is 0. The molecule has 4 rings (SSSR count). The van der Waals surface area contributed by atoms with Crippen molar-refractivity contribution in [1.29, 1.82) is 0 Å². The van der Waals surface area contributed by atoms with Gasteiger partial charge < -0.3 is 15.2 Å². The first-order valence-electron chi connectivity index (χ1n) is 7.91. The molecule has 2 N–H and O–H groups in total. The van der Waals surface area contributed by atoms with Gasteiger partial charge >= 0.3 is 0 Å². The number of amides is 1. The van der Waals surface area contributed by atoms with E-state index in [0.29, 0.717) is 5.91 Å². The summed E-state index contributed by atoms with van der Waals surface area (Å²) in [5.74, 6) is 0.516. The summed E-state index contributed by atoms with van der Waals surface area (Å²) in [4.78, 5) is 18.3. The Morgan fingerprint density at radius 1 is 1.19 bits per heavy atom. The zero-order valence-corrected chi connectivity index (χ0v) is 12.2. The molecule has 4 heteroatoms. The number of rotatable bonds is 1. The summed E-state index contributed by atoms with van der Waals surface area (Å²) >= 11 is 0. The van der Waals surface area contributed by atoms with Crippen molar-refractivity contribution in [3.8, 4) is 0 Å². The molecule has 1 saturated heterocycles. The molecule has 110 valence electrons. The van der Waals surface area contributed by atoms with Gasteiger partial charge in [0.2, 0.25) is 5.91 Å². The molecule has 1 aromatic carbocycles. The Morgan fingerprint density at radius 2 is 2.00 bits per heavy atom. The number of carbonyl (C=O) groups excluding carboxylic acids is 1. The number of hydrogen-bond donors (Lipinski definition) is 2. The topological polar surface area (TPSA) is 48.1 Å². The maximum atomic E-state index is 12.7. The van der Waals surface area contributed by atoms with E-state index >= 15 is 0 Å². The van der Waals surface area contributed by atoms with Crippen molar-refractivity contribution in [2.75, 3.05) is 26.2 Å². The first-order chi connectivity index (χ1) is 10.3. The van der Waals surface area contributed by atoms with Gasteiger partial charge in [-0.3, -0.25) is 4.79 Å². The van der Waals surface area contributed by atoms with Crippen molar-refractivity contribution in [3.05, 3.63) is 35.5 Å². The van der Waals surface area contributed by atoms with Gasteiger partial charge in [-0.25, -0.2) is 0 Å². The molecule has 0 bridgehead atoms. The fourth-order valence-corrected chi connectivity index (χ4v) is 3.72. The third-order valence-corrected chi connectivity index (χ3v) is 4.87. The number of carbonyl (C=O) groups is 1. The average molecular weight is 283 g/mol. The van der Waals surface area contributed by atoms with Crippen LogP contribution >= 0.6 is 0 Å². The van der Waals surface area contributed by atoms with Gasteiger partial charge in [-0.1, -0.05) is 18.2 Å². The highest BCUT2D eigenvalue weighted by Crippen LogP contribution is 2.32. The lowest BCUT2D eigenvalue weighted by Crippen LogP contribution is -2.49. The first-order valence-corrected chi connectivity index (χ1v) is 7.91. The van der Waals surface area contributed by atoms with Crippen molar-refractivity contribution in [3.63, 3.8) is 0 Å². The van der Waals surface area contributed by atoms with Gasteiger partial charge in [0.1, 0.15) is 0 Å². The predicted octanol–water partition coefficient (Wildman–Crippen LogP) is 1.70. The number of aryl methyl sites for hydroxylation is 1. The largest absolute Gasteiger partial charge is 0.358 e. The molecule has 4 nitrogen and oxygen atoms in total. The van der Waals surface area contributed by atoms with Crippen LogP contribution in [0.5, 0.6) is 0 Å². The molecule has 1 fully saturated rings. The van der Waals surface area contributed by atoms with E-state index in [-0.39, 0.29) is 5.92 Å². The minimum absolute atomic E-state index is 0.162. The summed E-state index contributed by atoms with van der Waals surface area (Å²) in [6.45, 7) is 3.57. The normalized spacial score (nSPS) is 22.3. The molecule has 1 amide bonds. The van der Waals surface area contributed by atoms with Gasteiger partial charge in [0, 0.05) is 48.7 Å². The van der Waals surface area contributed by atoms with Crippen LogP contribution in [0.1, 0.15) is 17.7 Å². The SMILES string of the molecule is O=C(C1CCc2[nH]c3ccccc3c2C1)N1CCNCC1. The van der Waals surface area contributed by atoms with Gasteiger partial charge in [-0.2, -0.15) is 0 Å². The molecule has 21 heavy (non-hydrogen) atoms. The summed E-state index contributed by atoms with van der Waals surface area (Å²) in [6.07, 6.45) is 2.86. The number of piperazine rings is 1. The number of aromatic nitrogens is 1. The number of aromatic amines is 1. The van der Waals surface area contributed by atoms with Crippen molar-refractivity contribution in [2.24, 2.45) is 5.92 Å².